The highest BCUT2D eigenvalue weighted by Crippen LogP contribution is 2.30. The van der Waals surface area contributed by atoms with E-state index in [-0.39, 0.29) is 11.9 Å². The van der Waals surface area contributed by atoms with Crippen molar-refractivity contribution < 1.29 is 4.79 Å². The van der Waals surface area contributed by atoms with E-state index >= 15 is 0 Å². The zero-order valence-corrected chi connectivity index (χ0v) is 14.2. The van der Waals surface area contributed by atoms with Crippen LogP contribution < -0.4 is 5.32 Å². The van der Waals surface area contributed by atoms with Crippen molar-refractivity contribution in [2.24, 2.45) is 11.8 Å². The minimum atomic E-state index is 0.0272. The molecule has 0 bridgehead atoms. The zero-order valence-electron chi connectivity index (χ0n) is 13.4. The van der Waals surface area contributed by atoms with Gasteiger partial charge in [-0.05, 0) is 37.3 Å². The van der Waals surface area contributed by atoms with Crippen molar-refractivity contribution in [3.63, 3.8) is 0 Å². The lowest BCUT2D eigenvalue weighted by Gasteiger charge is -2.34. The summed E-state index contributed by atoms with van der Waals surface area (Å²) in [4.78, 5) is 17.9. The summed E-state index contributed by atoms with van der Waals surface area (Å²) in [6, 6.07) is 4.20. The van der Waals surface area contributed by atoms with Crippen LogP contribution in [0.2, 0.25) is 0 Å². The van der Waals surface area contributed by atoms with Crippen molar-refractivity contribution in [2.75, 3.05) is 0 Å². The van der Waals surface area contributed by atoms with Gasteiger partial charge in [0.05, 0.1) is 5.69 Å². The fraction of sp³-hybridized carbons (Fsp3) is 0.529. The molecule has 5 heteroatoms. The number of nitrogens with zero attached hydrogens (tertiary/aromatic N) is 2. The summed E-state index contributed by atoms with van der Waals surface area (Å²) < 4.78 is 1.94. The molecule has 1 fully saturated rings. The predicted molar refractivity (Wildman–Crippen MR) is 89.6 cm³/mol. The van der Waals surface area contributed by atoms with E-state index in [1.54, 1.807) is 0 Å². The van der Waals surface area contributed by atoms with Gasteiger partial charge in [-0.3, -0.25) is 4.79 Å². The second-order valence-electron chi connectivity index (χ2n) is 6.35. The molecule has 1 aliphatic carbocycles. The van der Waals surface area contributed by atoms with E-state index in [2.05, 4.69) is 24.1 Å². The molecular formula is C17H23N3OS. The van der Waals surface area contributed by atoms with E-state index in [0.717, 1.165) is 22.1 Å². The molecule has 22 heavy (non-hydrogen) atoms. The first-order valence-electron chi connectivity index (χ1n) is 7.98. The van der Waals surface area contributed by atoms with Crippen LogP contribution in [0.4, 0.5) is 0 Å². The Bertz CT molecular complexity index is 647. The van der Waals surface area contributed by atoms with Crippen LogP contribution >= 0.6 is 11.3 Å². The number of thiazole rings is 1. The fourth-order valence-corrected chi connectivity index (χ4v) is 4.12. The molecule has 0 saturated heterocycles. The van der Waals surface area contributed by atoms with Gasteiger partial charge in [-0.15, -0.1) is 0 Å². The maximum atomic E-state index is 12.6. The Morgan fingerprint density at radius 3 is 2.77 bits per heavy atom. The van der Waals surface area contributed by atoms with Gasteiger partial charge < -0.3 is 9.88 Å². The van der Waals surface area contributed by atoms with Crippen LogP contribution in [0.1, 0.15) is 48.5 Å². The molecule has 2 aromatic heterocycles. The molecule has 0 spiro atoms. The zero-order chi connectivity index (χ0) is 15.7. The molecule has 3 unspecified atom stereocenters. The molecule has 0 radical (unpaired) electrons. The van der Waals surface area contributed by atoms with Gasteiger partial charge in [0.1, 0.15) is 4.88 Å². The highest BCUT2D eigenvalue weighted by atomic mass is 32.1. The maximum absolute atomic E-state index is 12.6. The largest absolute Gasteiger partial charge is 0.348 e. The normalized spacial score (nSPS) is 25.1. The lowest BCUT2D eigenvalue weighted by molar-refractivity contribution is 0.0894. The SMILES string of the molecule is Cc1nc(-n2cccc2)sc1C(=O)NC1CCCC(C)C1C. The monoisotopic (exact) mass is 317 g/mol. The third kappa shape index (κ3) is 2.95. The number of hydrogen-bond acceptors (Lipinski definition) is 3. The van der Waals surface area contributed by atoms with E-state index in [0.29, 0.717) is 11.8 Å². The Kier molecular flexibility index (Phi) is 4.34. The number of carbonyl (C=O) groups excluding carboxylic acids is 1. The third-order valence-electron chi connectivity index (χ3n) is 4.84. The van der Waals surface area contributed by atoms with Crippen molar-refractivity contribution in [1.82, 2.24) is 14.9 Å². The topological polar surface area (TPSA) is 46.9 Å². The Hall–Kier alpha value is -1.62. The molecule has 2 heterocycles. The van der Waals surface area contributed by atoms with E-state index in [4.69, 9.17) is 0 Å². The van der Waals surface area contributed by atoms with E-state index in [1.165, 1.54) is 24.2 Å². The second-order valence-corrected chi connectivity index (χ2v) is 7.33. The molecule has 0 aromatic carbocycles. The lowest BCUT2D eigenvalue weighted by atomic mass is 9.78. The summed E-state index contributed by atoms with van der Waals surface area (Å²) >= 11 is 1.46. The third-order valence-corrected chi connectivity index (χ3v) is 6.01. The molecular weight excluding hydrogens is 294 g/mol. The van der Waals surface area contributed by atoms with Crippen LogP contribution in [0.15, 0.2) is 24.5 Å². The summed E-state index contributed by atoms with van der Waals surface area (Å²) in [6.45, 7) is 6.44. The molecule has 4 nitrogen and oxygen atoms in total. The summed E-state index contributed by atoms with van der Waals surface area (Å²) in [5.41, 5.74) is 0.808. The summed E-state index contributed by atoms with van der Waals surface area (Å²) in [7, 11) is 0. The van der Waals surface area contributed by atoms with Crippen LogP contribution in [0.5, 0.6) is 0 Å². The van der Waals surface area contributed by atoms with Gasteiger partial charge in [0.25, 0.3) is 5.91 Å². The van der Waals surface area contributed by atoms with E-state index in [9.17, 15) is 4.79 Å². The number of aromatic nitrogens is 2. The summed E-state index contributed by atoms with van der Waals surface area (Å²) in [5, 5.41) is 4.08. The van der Waals surface area contributed by atoms with Crippen LogP contribution in [0.25, 0.3) is 5.13 Å². The van der Waals surface area contributed by atoms with Gasteiger partial charge in [-0.2, -0.15) is 0 Å². The molecule has 1 amide bonds. The van der Waals surface area contributed by atoms with Crippen molar-refractivity contribution in [2.45, 2.75) is 46.1 Å². The average Bonchev–Trinajstić information content (AvgIpc) is 3.13. The molecule has 1 N–H and O–H groups in total. The number of hydrogen-bond donors (Lipinski definition) is 1. The van der Waals surface area contributed by atoms with E-state index < -0.39 is 0 Å². The van der Waals surface area contributed by atoms with E-state index in [1.807, 2.05) is 36.0 Å². The summed E-state index contributed by atoms with van der Waals surface area (Å²) in [5.74, 6) is 1.24. The number of carbonyl (C=O) groups is 1. The first-order chi connectivity index (χ1) is 10.6. The fourth-order valence-electron chi connectivity index (χ4n) is 3.18. The number of nitrogens with one attached hydrogen (secondary N) is 1. The minimum absolute atomic E-state index is 0.0272. The smallest absolute Gasteiger partial charge is 0.263 e. The Morgan fingerprint density at radius 2 is 2.05 bits per heavy atom. The standard InChI is InChI=1S/C17H23N3OS/c1-11-7-6-8-14(12(11)2)19-16(21)15-13(3)18-17(22-15)20-9-4-5-10-20/h4-5,9-12,14H,6-8H2,1-3H3,(H,19,21). The van der Waals surface area contributed by atoms with Gasteiger partial charge >= 0.3 is 0 Å². The number of rotatable bonds is 3. The first kappa shape index (κ1) is 15.3. The molecule has 2 aromatic rings. The minimum Gasteiger partial charge on any atom is -0.348 e. The van der Waals surface area contributed by atoms with Crippen molar-refractivity contribution in [3.05, 3.63) is 35.1 Å². The molecule has 3 atom stereocenters. The maximum Gasteiger partial charge on any atom is 0.263 e. The molecule has 3 rings (SSSR count). The molecule has 1 saturated carbocycles. The van der Waals surface area contributed by atoms with Crippen LogP contribution in [-0.2, 0) is 0 Å². The van der Waals surface area contributed by atoms with Crippen LogP contribution in [0, 0.1) is 18.8 Å². The van der Waals surface area contributed by atoms with Crippen LogP contribution in [0.3, 0.4) is 0 Å². The Labute approximate surface area is 135 Å². The lowest BCUT2D eigenvalue weighted by Crippen LogP contribution is -2.43. The molecule has 1 aliphatic rings. The van der Waals surface area contributed by atoms with Gasteiger partial charge in [0.15, 0.2) is 5.13 Å². The van der Waals surface area contributed by atoms with Crippen molar-refractivity contribution in [3.8, 4) is 5.13 Å². The van der Waals surface area contributed by atoms with Gasteiger partial charge in [-0.1, -0.05) is 38.0 Å². The average molecular weight is 317 g/mol. The van der Waals surface area contributed by atoms with Gasteiger partial charge in [0, 0.05) is 18.4 Å². The molecule has 118 valence electrons. The second kappa shape index (κ2) is 6.24. The first-order valence-corrected chi connectivity index (χ1v) is 8.79. The Balaban J connectivity index is 1.75. The highest BCUT2D eigenvalue weighted by Gasteiger charge is 2.29. The number of aryl methyl sites for hydroxylation is 1. The highest BCUT2D eigenvalue weighted by molar-refractivity contribution is 7.16. The predicted octanol–water partition coefficient (Wildman–Crippen LogP) is 3.80. The Morgan fingerprint density at radius 1 is 1.32 bits per heavy atom. The number of amides is 1. The quantitative estimate of drug-likeness (QED) is 0.936. The molecule has 0 aliphatic heterocycles. The van der Waals surface area contributed by atoms with Gasteiger partial charge in [-0.25, -0.2) is 4.98 Å². The van der Waals surface area contributed by atoms with Crippen molar-refractivity contribution in [1.29, 1.82) is 0 Å². The van der Waals surface area contributed by atoms with Crippen LogP contribution in [-0.4, -0.2) is 21.5 Å². The summed E-state index contributed by atoms with van der Waals surface area (Å²) in [6.07, 6.45) is 7.45. The van der Waals surface area contributed by atoms with Crippen molar-refractivity contribution >= 4 is 17.2 Å². The van der Waals surface area contributed by atoms with Gasteiger partial charge in [0.2, 0.25) is 0 Å².